The molecule has 1 N–H and O–H groups in total. The molecule has 0 spiro atoms. The topological polar surface area (TPSA) is 28.7 Å². The third kappa shape index (κ3) is 3.30. The summed E-state index contributed by atoms with van der Waals surface area (Å²) in [4.78, 5) is 7.62. The maximum absolute atomic E-state index is 4.29. The van der Waals surface area contributed by atoms with Gasteiger partial charge < -0.3 is 4.98 Å². The molecule has 1 aromatic heterocycles. The van der Waals surface area contributed by atoms with Gasteiger partial charge in [0, 0.05) is 6.99 Å². The minimum absolute atomic E-state index is 0. The number of nitrogens with zero attached hydrogens (tertiary/aromatic N) is 1. The molecule has 0 saturated heterocycles. The van der Waals surface area contributed by atoms with Gasteiger partial charge in [-0.2, -0.15) is 0 Å². The molecule has 1 aliphatic carbocycles. The van der Waals surface area contributed by atoms with Crippen LogP contribution in [0.4, 0.5) is 0 Å². The van der Waals surface area contributed by atoms with Crippen molar-refractivity contribution in [2.45, 2.75) is 60.8 Å². The molecule has 0 radical (unpaired) electrons. The first-order valence-electron chi connectivity index (χ1n) is 7.89. The highest BCUT2D eigenvalue weighted by Crippen LogP contribution is 2.33. The molecule has 1 aliphatic rings. The largest absolute Gasteiger partial charge is 0.342 e. The number of aryl methyl sites for hydroxylation is 2. The van der Waals surface area contributed by atoms with Crippen LogP contribution in [-0.4, -0.2) is 9.97 Å². The first kappa shape index (κ1) is 16.5. The Morgan fingerprint density at radius 3 is 2.25 bits per heavy atom. The fourth-order valence-electron chi connectivity index (χ4n) is 2.70. The third-order valence-electron chi connectivity index (χ3n) is 3.51. The second kappa shape index (κ2) is 7.88. The molecule has 0 aliphatic heterocycles. The predicted molar refractivity (Wildman–Crippen MR) is 90.3 cm³/mol. The Balaban J connectivity index is 0.000000741. The Bertz CT molecular complexity index is 544. The molecule has 0 bridgehead atoms. The Labute approximate surface area is 125 Å². The van der Waals surface area contributed by atoms with Crippen LogP contribution in [0.15, 0.2) is 18.3 Å². The van der Waals surface area contributed by atoms with Crippen molar-refractivity contribution in [3.63, 3.8) is 0 Å². The number of hydrogen-bond donors (Lipinski definition) is 1. The maximum atomic E-state index is 4.29. The predicted octanol–water partition coefficient (Wildman–Crippen LogP) is 5.48. The van der Waals surface area contributed by atoms with E-state index in [0.29, 0.717) is 0 Å². The zero-order valence-electron chi connectivity index (χ0n) is 13.8. The van der Waals surface area contributed by atoms with Crippen LogP contribution >= 0.6 is 0 Å². The normalized spacial score (nSPS) is 11.9. The van der Waals surface area contributed by atoms with Crippen molar-refractivity contribution in [2.24, 2.45) is 0 Å². The van der Waals surface area contributed by atoms with E-state index in [-0.39, 0.29) is 1.43 Å². The van der Waals surface area contributed by atoms with Crippen molar-refractivity contribution < 1.29 is 1.43 Å². The van der Waals surface area contributed by atoms with E-state index in [1.54, 1.807) is 5.56 Å². The Hall–Kier alpha value is -1.57. The fraction of sp³-hybridized carbons (Fsp3) is 0.500. The molecule has 2 nitrogen and oxygen atoms in total. The van der Waals surface area contributed by atoms with Gasteiger partial charge in [-0.15, -0.1) is 0 Å². The molecule has 0 atom stereocenters. The number of H-pyrrole nitrogens is 1. The average Bonchev–Trinajstić information content (AvgIpc) is 3.13. The van der Waals surface area contributed by atoms with Gasteiger partial charge in [0.15, 0.2) is 0 Å². The highest BCUT2D eigenvalue weighted by atomic mass is 14.9. The maximum Gasteiger partial charge on any atom is 0.103 e. The van der Waals surface area contributed by atoms with Gasteiger partial charge in [0.1, 0.15) is 5.82 Å². The van der Waals surface area contributed by atoms with Crippen LogP contribution in [0.25, 0.3) is 11.3 Å². The van der Waals surface area contributed by atoms with Gasteiger partial charge >= 0.3 is 0 Å². The zero-order chi connectivity index (χ0) is 15.1. The van der Waals surface area contributed by atoms with Crippen molar-refractivity contribution in [3.8, 4) is 11.3 Å². The molecule has 0 amide bonds. The van der Waals surface area contributed by atoms with E-state index in [1.807, 2.05) is 40.8 Å². The molecule has 0 fully saturated rings. The molecule has 2 aromatic rings. The standard InChI is InChI=1S/C14H16N2.2C2H6.H2/c1-9-6-7-13(12-5-3-4-11(9)12)14-8-15-10(2)16-14;2*1-2;/h6-8H,3-5H2,1-2H3,(H,15,16);2*1-2H3;1H. The van der Waals surface area contributed by atoms with Crippen LogP contribution in [0, 0.1) is 13.8 Å². The number of nitrogens with one attached hydrogen (secondary N) is 1. The first-order valence-corrected chi connectivity index (χ1v) is 7.89. The van der Waals surface area contributed by atoms with Gasteiger partial charge in [0.2, 0.25) is 0 Å². The second-order valence-corrected chi connectivity index (χ2v) is 4.62. The van der Waals surface area contributed by atoms with Crippen LogP contribution in [0.1, 0.15) is 58.1 Å². The van der Waals surface area contributed by atoms with Crippen LogP contribution < -0.4 is 0 Å². The Morgan fingerprint density at radius 2 is 1.65 bits per heavy atom. The van der Waals surface area contributed by atoms with E-state index in [4.69, 9.17) is 0 Å². The first-order chi connectivity index (χ1) is 9.75. The van der Waals surface area contributed by atoms with E-state index < -0.39 is 0 Å². The van der Waals surface area contributed by atoms with Gasteiger partial charge in [-0.1, -0.05) is 39.8 Å². The smallest absolute Gasteiger partial charge is 0.103 e. The number of aromatic nitrogens is 2. The molecule has 2 heteroatoms. The summed E-state index contributed by atoms with van der Waals surface area (Å²) in [6.07, 6.45) is 5.69. The van der Waals surface area contributed by atoms with Gasteiger partial charge in [-0.3, -0.25) is 0 Å². The van der Waals surface area contributed by atoms with Crippen molar-refractivity contribution in [1.82, 2.24) is 9.97 Å². The number of hydrogen-bond acceptors (Lipinski definition) is 1. The molecule has 112 valence electrons. The highest BCUT2D eigenvalue weighted by molar-refractivity contribution is 5.67. The lowest BCUT2D eigenvalue weighted by Gasteiger charge is -2.09. The molecule has 1 heterocycles. The monoisotopic (exact) mass is 274 g/mol. The third-order valence-corrected chi connectivity index (χ3v) is 3.51. The molecule has 0 unspecified atom stereocenters. The summed E-state index contributed by atoms with van der Waals surface area (Å²) in [7, 11) is 0. The molecule has 20 heavy (non-hydrogen) atoms. The van der Waals surface area contributed by atoms with Crippen molar-refractivity contribution in [1.29, 1.82) is 0 Å². The lowest BCUT2D eigenvalue weighted by Crippen LogP contribution is -1.92. The summed E-state index contributed by atoms with van der Waals surface area (Å²) in [6, 6.07) is 4.46. The van der Waals surface area contributed by atoms with Gasteiger partial charge in [0.05, 0.1) is 11.9 Å². The van der Waals surface area contributed by atoms with E-state index in [2.05, 4.69) is 29.0 Å². The van der Waals surface area contributed by atoms with Crippen LogP contribution in [0.3, 0.4) is 0 Å². The summed E-state index contributed by atoms with van der Waals surface area (Å²) in [5.74, 6) is 0.988. The molecule has 1 aromatic carbocycles. The van der Waals surface area contributed by atoms with E-state index in [9.17, 15) is 0 Å². The molecule has 0 saturated carbocycles. The minimum atomic E-state index is 0. The van der Waals surface area contributed by atoms with E-state index >= 15 is 0 Å². The van der Waals surface area contributed by atoms with Crippen molar-refractivity contribution in [3.05, 3.63) is 40.8 Å². The minimum Gasteiger partial charge on any atom is -0.342 e. The Morgan fingerprint density at radius 1 is 1.00 bits per heavy atom. The number of imidazole rings is 1. The lowest BCUT2D eigenvalue weighted by molar-refractivity contribution is 0.909. The van der Waals surface area contributed by atoms with Gasteiger partial charge in [-0.05, 0) is 49.8 Å². The second-order valence-electron chi connectivity index (χ2n) is 4.62. The number of aromatic amines is 1. The SMILES string of the molecule is CC.CC.Cc1ncc(-c2ccc(C)c3c2CCC3)[nH]1.[HH]. The highest BCUT2D eigenvalue weighted by Gasteiger charge is 2.18. The quantitative estimate of drug-likeness (QED) is 0.732. The Kier molecular flexibility index (Phi) is 6.50. The van der Waals surface area contributed by atoms with Crippen molar-refractivity contribution >= 4 is 0 Å². The molecular formula is C18H30N2. The van der Waals surface area contributed by atoms with E-state index in [1.165, 1.54) is 36.0 Å². The number of benzene rings is 1. The molecular weight excluding hydrogens is 244 g/mol. The average molecular weight is 274 g/mol. The summed E-state index contributed by atoms with van der Waals surface area (Å²) in [6.45, 7) is 12.2. The van der Waals surface area contributed by atoms with Crippen LogP contribution in [0.5, 0.6) is 0 Å². The summed E-state index contributed by atoms with van der Waals surface area (Å²) in [5, 5.41) is 0. The molecule has 3 rings (SSSR count). The number of fused-ring (bicyclic) bond motifs is 1. The number of rotatable bonds is 1. The lowest BCUT2D eigenvalue weighted by atomic mass is 9.97. The van der Waals surface area contributed by atoms with Crippen LogP contribution in [-0.2, 0) is 12.8 Å². The van der Waals surface area contributed by atoms with Crippen molar-refractivity contribution in [2.75, 3.05) is 0 Å². The summed E-state index contributed by atoms with van der Waals surface area (Å²) < 4.78 is 0. The summed E-state index contributed by atoms with van der Waals surface area (Å²) >= 11 is 0. The summed E-state index contributed by atoms with van der Waals surface area (Å²) in [5.41, 5.74) is 7.04. The van der Waals surface area contributed by atoms with Crippen LogP contribution in [0.2, 0.25) is 0 Å². The van der Waals surface area contributed by atoms with Gasteiger partial charge in [0.25, 0.3) is 0 Å². The van der Waals surface area contributed by atoms with Gasteiger partial charge in [-0.25, -0.2) is 4.98 Å². The zero-order valence-corrected chi connectivity index (χ0v) is 13.8. The van der Waals surface area contributed by atoms with E-state index in [0.717, 1.165) is 11.5 Å². The fourth-order valence-corrected chi connectivity index (χ4v) is 2.70.